The van der Waals surface area contributed by atoms with Crippen LogP contribution in [0.15, 0.2) is 0 Å². The van der Waals surface area contributed by atoms with Crippen molar-refractivity contribution in [1.82, 2.24) is 0 Å². The minimum absolute atomic E-state index is 0.0567. The molecule has 0 rings (SSSR count). The number of rotatable bonds is 21. The third kappa shape index (κ3) is 13.2. The quantitative estimate of drug-likeness (QED) is 0.0770. The van der Waals surface area contributed by atoms with Gasteiger partial charge in [-0.3, -0.25) is 0 Å². The minimum Gasteiger partial charge on any atom is -0.412 e. The van der Waals surface area contributed by atoms with E-state index < -0.39 is 60.4 Å². The van der Waals surface area contributed by atoms with Crippen LogP contribution >= 0.6 is 0 Å². The van der Waals surface area contributed by atoms with Gasteiger partial charge in [0.25, 0.3) is 0 Å². The van der Waals surface area contributed by atoms with Crippen molar-refractivity contribution in [3.8, 4) is 0 Å². The van der Waals surface area contributed by atoms with Gasteiger partial charge in [-0.1, -0.05) is 52.8 Å². The molecule has 0 saturated heterocycles. The lowest BCUT2D eigenvalue weighted by Crippen LogP contribution is -2.68. The molecular formula is C27H56F6O4Si3. The Hall–Kier alpha value is 0.0706. The summed E-state index contributed by atoms with van der Waals surface area (Å²) in [6, 6.07) is 1.02. The van der Waals surface area contributed by atoms with E-state index in [9.17, 15) is 26.3 Å². The molecule has 0 amide bonds. The summed E-state index contributed by atoms with van der Waals surface area (Å²) < 4.78 is 100. The second kappa shape index (κ2) is 16.2. The second-order valence-electron chi connectivity index (χ2n) is 12.7. The summed E-state index contributed by atoms with van der Waals surface area (Å²) in [6.07, 6.45) is -7.43. The second-order valence-corrected chi connectivity index (χ2v) is 26.4. The van der Waals surface area contributed by atoms with Crippen molar-refractivity contribution in [2.45, 2.75) is 153 Å². The lowest BCUT2D eigenvalue weighted by molar-refractivity contribution is -0.133. The molecular weight excluding hydrogens is 587 g/mol. The Labute approximate surface area is 242 Å². The molecule has 0 fully saturated rings. The summed E-state index contributed by atoms with van der Waals surface area (Å²) in [7, 11) is -8.56. The molecule has 242 valence electrons. The topological polar surface area (TPSA) is 47.9 Å². The molecule has 4 nitrogen and oxygen atoms in total. The molecule has 0 spiro atoms. The molecule has 0 aromatic heterocycles. The van der Waals surface area contributed by atoms with Crippen molar-refractivity contribution in [1.29, 1.82) is 0 Å². The molecule has 0 aliphatic rings. The smallest absolute Gasteiger partial charge is 0.388 e. The van der Waals surface area contributed by atoms with Gasteiger partial charge < -0.3 is 18.7 Å². The molecule has 13 heteroatoms. The molecule has 0 heterocycles. The average molecular weight is 643 g/mol. The summed E-state index contributed by atoms with van der Waals surface area (Å²) in [6.45, 7) is 18.3. The van der Waals surface area contributed by atoms with Crippen molar-refractivity contribution >= 4 is 24.7 Å². The maximum absolute atomic E-state index is 13.6. The molecule has 4 atom stereocenters. The van der Waals surface area contributed by atoms with Crippen molar-refractivity contribution in [3.05, 3.63) is 0 Å². The third-order valence-electron chi connectivity index (χ3n) is 9.03. The lowest BCUT2D eigenvalue weighted by Gasteiger charge is -2.55. The largest absolute Gasteiger partial charge is 0.412 e. The van der Waals surface area contributed by atoms with Crippen LogP contribution in [0.3, 0.4) is 0 Å². The highest BCUT2D eigenvalue weighted by molar-refractivity contribution is 6.83. The number of halogens is 6. The van der Waals surface area contributed by atoms with Crippen LogP contribution in [0, 0.1) is 0 Å². The van der Waals surface area contributed by atoms with Crippen LogP contribution in [-0.2, 0) is 13.6 Å². The van der Waals surface area contributed by atoms with E-state index >= 15 is 0 Å². The van der Waals surface area contributed by atoms with E-state index in [1.165, 1.54) is 0 Å². The van der Waals surface area contributed by atoms with Crippen LogP contribution in [0.4, 0.5) is 26.3 Å². The molecule has 0 saturated carbocycles. The van der Waals surface area contributed by atoms with Gasteiger partial charge in [-0.25, -0.2) is 0 Å². The molecule has 40 heavy (non-hydrogen) atoms. The molecule has 0 aromatic carbocycles. The number of ether oxygens (including phenoxy) is 1. The van der Waals surface area contributed by atoms with Crippen LogP contribution in [0.2, 0.25) is 50.4 Å². The molecule has 0 radical (unpaired) electrons. The fourth-order valence-corrected chi connectivity index (χ4v) is 18.3. The van der Waals surface area contributed by atoms with E-state index in [4.69, 9.17) is 18.7 Å². The highest BCUT2D eigenvalue weighted by Gasteiger charge is 2.57. The molecule has 1 N–H and O–H groups in total. The molecule has 0 aliphatic carbocycles. The standard InChI is InChI=1S/C27H56F6O4Si3/c1-10-13-21-39(8,22-15-26(28,29)30)36-25(5,12-3)40(9,23-16-27(31,32)33)37-24(4,11-2)38(6,7)20-14-18-35-19-17-34/h34H,10-23H2,1-9H3/t24-,25?,39?,40?/m0/s1. The van der Waals surface area contributed by atoms with Crippen molar-refractivity contribution in [3.63, 3.8) is 0 Å². The number of hydrogen-bond acceptors (Lipinski definition) is 4. The lowest BCUT2D eigenvalue weighted by atomic mass is 10.3. The van der Waals surface area contributed by atoms with Gasteiger partial charge in [-0.15, -0.1) is 0 Å². The van der Waals surface area contributed by atoms with Crippen LogP contribution in [-0.4, -0.2) is 72.4 Å². The average Bonchev–Trinajstić information content (AvgIpc) is 2.84. The van der Waals surface area contributed by atoms with Crippen molar-refractivity contribution < 1.29 is 45.0 Å². The fraction of sp³-hybridized carbons (Fsp3) is 1.00. The SMILES string of the molecule is CCCC[Si](C)(CCC(F)(F)F)OC(C)(CC)[Si](C)(CCC(F)(F)F)O[C@](C)(CC)[Si](C)(C)CCCOCCO. The molecule has 0 aromatic rings. The van der Waals surface area contributed by atoms with Gasteiger partial charge >= 0.3 is 12.4 Å². The molecule has 0 bridgehead atoms. The highest BCUT2D eigenvalue weighted by Crippen LogP contribution is 2.45. The summed E-state index contributed by atoms with van der Waals surface area (Å²) in [4.78, 5) is 0. The van der Waals surface area contributed by atoms with Gasteiger partial charge in [0.15, 0.2) is 8.32 Å². The Morgan fingerprint density at radius 2 is 1.18 bits per heavy atom. The number of unbranched alkanes of at least 4 members (excludes halogenated alkanes) is 1. The maximum atomic E-state index is 13.6. The normalized spacial score (nSPS) is 19.5. The van der Waals surface area contributed by atoms with Crippen LogP contribution in [0.5, 0.6) is 0 Å². The summed E-state index contributed by atoms with van der Waals surface area (Å²) in [5.41, 5.74) is 0. The van der Waals surface area contributed by atoms with Gasteiger partial charge in [0.2, 0.25) is 8.32 Å². The zero-order valence-electron chi connectivity index (χ0n) is 26.3. The van der Waals surface area contributed by atoms with E-state index in [0.29, 0.717) is 31.9 Å². The Morgan fingerprint density at radius 3 is 1.62 bits per heavy atom. The first-order chi connectivity index (χ1) is 18.1. The first-order valence-electron chi connectivity index (χ1n) is 14.8. The van der Waals surface area contributed by atoms with Gasteiger partial charge in [-0.2, -0.15) is 26.3 Å². The molecule has 0 aliphatic heterocycles. The molecule has 3 unspecified atom stereocenters. The zero-order valence-corrected chi connectivity index (χ0v) is 29.3. The Balaban J connectivity index is 6.48. The first kappa shape index (κ1) is 40.1. The third-order valence-corrected chi connectivity index (χ3v) is 22.8. The van der Waals surface area contributed by atoms with Crippen LogP contribution in [0.25, 0.3) is 0 Å². The highest BCUT2D eigenvalue weighted by atomic mass is 28.4. The van der Waals surface area contributed by atoms with Gasteiger partial charge in [0.1, 0.15) is 0 Å². The predicted octanol–water partition coefficient (Wildman–Crippen LogP) is 9.40. The Morgan fingerprint density at radius 1 is 0.650 bits per heavy atom. The van der Waals surface area contributed by atoms with Crippen LogP contribution in [0.1, 0.15) is 79.6 Å². The summed E-state index contributed by atoms with van der Waals surface area (Å²) in [5.74, 6) is 0. The minimum atomic E-state index is -4.38. The van der Waals surface area contributed by atoms with E-state index in [1.54, 1.807) is 6.92 Å². The van der Waals surface area contributed by atoms with Gasteiger partial charge in [-0.05, 0) is 64.3 Å². The van der Waals surface area contributed by atoms with Gasteiger partial charge in [0.05, 0.1) is 26.5 Å². The van der Waals surface area contributed by atoms with Gasteiger partial charge in [0, 0.05) is 24.7 Å². The van der Waals surface area contributed by atoms with E-state index in [-0.39, 0.29) is 25.3 Å². The van der Waals surface area contributed by atoms with Crippen LogP contribution < -0.4 is 0 Å². The fourth-order valence-electron chi connectivity index (χ4n) is 5.32. The summed E-state index contributed by atoms with van der Waals surface area (Å²) in [5, 5.41) is 7.21. The monoisotopic (exact) mass is 642 g/mol. The van der Waals surface area contributed by atoms with Crippen molar-refractivity contribution in [2.75, 3.05) is 19.8 Å². The number of hydrogen-bond donors (Lipinski definition) is 1. The Bertz CT molecular complexity index is 727. The first-order valence-corrected chi connectivity index (χ1v) is 23.4. The Kier molecular flexibility index (Phi) is 16.3. The van der Waals surface area contributed by atoms with E-state index in [0.717, 1.165) is 18.9 Å². The van der Waals surface area contributed by atoms with E-state index in [2.05, 4.69) is 13.1 Å². The van der Waals surface area contributed by atoms with Crippen molar-refractivity contribution in [2.24, 2.45) is 0 Å². The number of alkyl halides is 6. The predicted molar refractivity (Wildman–Crippen MR) is 158 cm³/mol. The summed E-state index contributed by atoms with van der Waals surface area (Å²) >= 11 is 0. The number of aliphatic hydroxyl groups excluding tert-OH is 1. The zero-order chi connectivity index (χ0) is 31.5. The van der Waals surface area contributed by atoms with E-state index in [1.807, 2.05) is 40.8 Å². The maximum Gasteiger partial charge on any atom is 0.388 e. The number of aliphatic hydroxyl groups is 1.